The minimum atomic E-state index is 0.195. The van der Waals surface area contributed by atoms with Crippen LogP contribution in [-0.2, 0) is 6.54 Å². The zero-order valence-electron chi connectivity index (χ0n) is 11.5. The highest BCUT2D eigenvalue weighted by molar-refractivity contribution is 5.28. The van der Waals surface area contributed by atoms with Gasteiger partial charge in [0.1, 0.15) is 5.75 Å². The first-order valence-corrected chi connectivity index (χ1v) is 6.54. The normalized spacial score (nSPS) is 11.5. The van der Waals surface area contributed by atoms with Gasteiger partial charge in [0.25, 0.3) is 0 Å². The van der Waals surface area contributed by atoms with Crippen LogP contribution in [0, 0.1) is 0 Å². The summed E-state index contributed by atoms with van der Waals surface area (Å²) in [5, 5.41) is 3.55. The Morgan fingerprint density at radius 3 is 2.65 bits per heavy atom. The first-order valence-electron chi connectivity index (χ1n) is 6.54. The van der Waals surface area contributed by atoms with Gasteiger partial charge in [0, 0.05) is 12.1 Å². The summed E-state index contributed by atoms with van der Waals surface area (Å²) in [6.07, 6.45) is 2.17. The highest BCUT2D eigenvalue weighted by Gasteiger charge is 2.13. The Balaban J connectivity index is 2.53. The predicted molar refractivity (Wildman–Crippen MR) is 73.4 cm³/mol. The smallest absolute Gasteiger partial charge is 0.119 e. The molecule has 1 aromatic rings. The van der Waals surface area contributed by atoms with Gasteiger partial charge < -0.3 is 10.1 Å². The quantitative estimate of drug-likeness (QED) is 0.777. The van der Waals surface area contributed by atoms with Crippen LogP contribution in [-0.4, -0.2) is 12.1 Å². The molecule has 0 heterocycles. The van der Waals surface area contributed by atoms with Gasteiger partial charge in [0.05, 0.1) is 6.61 Å². The summed E-state index contributed by atoms with van der Waals surface area (Å²) in [5.41, 5.74) is 1.47. The Labute approximate surface area is 105 Å². The Hall–Kier alpha value is -1.02. The molecule has 0 unspecified atom stereocenters. The van der Waals surface area contributed by atoms with Gasteiger partial charge in [-0.05, 0) is 44.4 Å². The van der Waals surface area contributed by atoms with Crippen LogP contribution in [0.4, 0.5) is 0 Å². The average molecular weight is 235 g/mol. The van der Waals surface area contributed by atoms with Crippen LogP contribution in [0.2, 0.25) is 0 Å². The number of hydrogen-bond donors (Lipinski definition) is 1. The van der Waals surface area contributed by atoms with E-state index < -0.39 is 0 Å². The Kier molecular flexibility index (Phi) is 5.49. The van der Waals surface area contributed by atoms with E-state index in [9.17, 15) is 0 Å². The van der Waals surface area contributed by atoms with E-state index in [1.165, 1.54) is 5.56 Å². The molecule has 0 aliphatic heterocycles. The molecule has 2 heteroatoms. The van der Waals surface area contributed by atoms with E-state index in [1.54, 1.807) is 0 Å². The van der Waals surface area contributed by atoms with E-state index in [2.05, 4.69) is 51.2 Å². The number of nitrogens with one attached hydrogen (secondary N) is 1. The van der Waals surface area contributed by atoms with Crippen molar-refractivity contribution in [3.8, 4) is 5.75 Å². The zero-order chi connectivity index (χ0) is 12.7. The second-order valence-corrected chi connectivity index (χ2v) is 5.09. The first-order chi connectivity index (χ1) is 8.07. The second kappa shape index (κ2) is 6.65. The highest BCUT2D eigenvalue weighted by atomic mass is 16.5. The van der Waals surface area contributed by atoms with Crippen molar-refractivity contribution in [2.24, 2.45) is 0 Å². The van der Waals surface area contributed by atoms with Gasteiger partial charge >= 0.3 is 0 Å². The van der Waals surface area contributed by atoms with Crippen molar-refractivity contribution in [3.05, 3.63) is 29.8 Å². The number of ether oxygens (including phenoxy) is 1. The fraction of sp³-hybridized carbons (Fsp3) is 0.600. The lowest BCUT2D eigenvalue weighted by atomic mass is 10.0. The average Bonchev–Trinajstić information content (AvgIpc) is 2.35. The molecular formula is C15H25NO. The van der Waals surface area contributed by atoms with Crippen molar-refractivity contribution in [3.63, 3.8) is 0 Å². The Morgan fingerprint density at radius 1 is 1.24 bits per heavy atom. The van der Waals surface area contributed by atoms with Crippen LogP contribution >= 0.6 is 0 Å². The highest BCUT2D eigenvalue weighted by Crippen LogP contribution is 2.15. The molecule has 0 atom stereocenters. The monoisotopic (exact) mass is 235 g/mol. The maximum Gasteiger partial charge on any atom is 0.119 e. The van der Waals surface area contributed by atoms with Crippen molar-refractivity contribution >= 4 is 0 Å². The minimum Gasteiger partial charge on any atom is -0.494 e. The van der Waals surface area contributed by atoms with E-state index in [1.807, 2.05) is 6.07 Å². The lowest BCUT2D eigenvalue weighted by molar-refractivity contribution is 0.316. The topological polar surface area (TPSA) is 21.3 Å². The van der Waals surface area contributed by atoms with Gasteiger partial charge in [-0.25, -0.2) is 0 Å². The molecule has 96 valence electrons. The predicted octanol–water partition coefficient (Wildman–Crippen LogP) is 3.75. The molecular weight excluding hydrogens is 210 g/mol. The standard InChI is InChI=1S/C15H25NO/c1-5-10-17-14-9-7-8-13(11-14)12-16-15(3,4)6-2/h7-9,11,16H,5-6,10,12H2,1-4H3. The maximum absolute atomic E-state index is 5.63. The number of rotatable bonds is 7. The van der Waals surface area contributed by atoms with E-state index >= 15 is 0 Å². The zero-order valence-corrected chi connectivity index (χ0v) is 11.5. The SMILES string of the molecule is CCCOc1cccc(CNC(C)(C)CC)c1. The second-order valence-electron chi connectivity index (χ2n) is 5.09. The fourth-order valence-electron chi connectivity index (χ4n) is 1.43. The first kappa shape index (κ1) is 14.0. The summed E-state index contributed by atoms with van der Waals surface area (Å²) in [4.78, 5) is 0. The molecule has 0 amide bonds. The molecule has 0 saturated heterocycles. The fourth-order valence-corrected chi connectivity index (χ4v) is 1.43. The molecule has 0 aliphatic rings. The van der Waals surface area contributed by atoms with Gasteiger partial charge in [-0.3, -0.25) is 0 Å². The summed E-state index contributed by atoms with van der Waals surface area (Å²) in [7, 11) is 0. The molecule has 0 fully saturated rings. The largest absolute Gasteiger partial charge is 0.494 e. The summed E-state index contributed by atoms with van der Waals surface area (Å²) in [6, 6.07) is 8.33. The summed E-state index contributed by atoms with van der Waals surface area (Å²) < 4.78 is 5.63. The molecule has 1 aromatic carbocycles. The third-order valence-electron chi connectivity index (χ3n) is 3.03. The molecule has 2 nitrogen and oxygen atoms in total. The van der Waals surface area contributed by atoms with Crippen LogP contribution in [0.25, 0.3) is 0 Å². The van der Waals surface area contributed by atoms with Crippen LogP contribution in [0.5, 0.6) is 5.75 Å². The maximum atomic E-state index is 5.63. The van der Waals surface area contributed by atoms with Crippen molar-refractivity contribution in [2.45, 2.75) is 52.6 Å². The van der Waals surface area contributed by atoms with Crippen molar-refractivity contribution in [1.82, 2.24) is 5.32 Å². The molecule has 0 radical (unpaired) electrons. The van der Waals surface area contributed by atoms with E-state index in [0.717, 1.165) is 31.7 Å². The van der Waals surface area contributed by atoms with Crippen LogP contribution < -0.4 is 10.1 Å². The number of benzene rings is 1. The lowest BCUT2D eigenvalue weighted by Gasteiger charge is -2.24. The Morgan fingerprint density at radius 2 is 2.00 bits per heavy atom. The van der Waals surface area contributed by atoms with Crippen molar-refractivity contribution in [2.75, 3.05) is 6.61 Å². The third-order valence-corrected chi connectivity index (χ3v) is 3.03. The minimum absolute atomic E-state index is 0.195. The van der Waals surface area contributed by atoms with E-state index in [4.69, 9.17) is 4.74 Å². The third kappa shape index (κ3) is 5.22. The molecule has 1 rings (SSSR count). The van der Waals surface area contributed by atoms with Crippen molar-refractivity contribution < 1.29 is 4.74 Å². The summed E-state index contributed by atoms with van der Waals surface area (Å²) in [5.74, 6) is 0.973. The molecule has 0 aromatic heterocycles. The van der Waals surface area contributed by atoms with Gasteiger partial charge in [0.15, 0.2) is 0 Å². The van der Waals surface area contributed by atoms with Gasteiger partial charge in [-0.2, -0.15) is 0 Å². The number of hydrogen-bond acceptors (Lipinski definition) is 2. The Bertz CT molecular complexity index is 333. The van der Waals surface area contributed by atoms with E-state index in [0.29, 0.717) is 0 Å². The lowest BCUT2D eigenvalue weighted by Crippen LogP contribution is -2.37. The molecule has 1 N–H and O–H groups in total. The molecule has 17 heavy (non-hydrogen) atoms. The summed E-state index contributed by atoms with van der Waals surface area (Å²) >= 11 is 0. The molecule has 0 spiro atoms. The van der Waals surface area contributed by atoms with Crippen LogP contribution in [0.15, 0.2) is 24.3 Å². The van der Waals surface area contributed by atoms with Crippen molar-refractivity contribution in [1.29, 1.82) is 0 Å². The van der Waals surface area contributed by atoms with Crippen LogP contribution in [0.3, 0.4) is 0 Å². The molecule has 0 aliphatic carbocycles. The van der Waals surface area contributed by atoms with Gasteiger partial charge in [-0.1, -0.05) is 26.0 Å². The van der Waals surface area contributed by atoms with Crippen LogP contribution in [0.1, 0.15) is 46.1 Å². The van der Waals surface area contributed by atoms with Gasteiger partial charge in [0.2, 0.25) is 0 Å². The molecule has 0 bridgehead atoms. The summed E-state index contributed by atoms with van der Waals surface area (Å²) in [6.45, 7) is 10.5. The van der Waals surface area contributed by atoms with Gasteiger partial charge in [-0.15, -0.1) is 0 Å². The molecule has 0 saturated carbocycles. The van der Waals surface area contributed by atoms with E-state index in [-0.39, 0.29) is 5.54 Å².